The van der Waals surface area contributed by atoms with Crippen LogP contribution in [0.25, 0.3) is 10.9 Å². The Hall–Kier alpha value is -2.97. The third-order valence-corrected chi connectivity index (χ3v) is 9.40. The van der Waals surface area contributed by atoms with Crippen LogP contribution < -0.4 is 4.74 Å². The fourth-order valence-electron chi connectivity index (χ4n) is 5.67. The van der Waals surface area contributed by atoms with Crippen LogP contribution in [0.3, 0.4) is 0 Å². The van der Waals surface area contributed by atoms with E-state index in [0.717, 1.165) is 30.9 Å². The fourth-order valence-corrected chi connectivity index (χ4v) is 7.19. The second kappa shape index (κ2) is 11.2. The zero-order valence-corrected chi connectivity index (χ0v) is 22.3. The predicted molar refractivity (Wildman–Crippen MR) is 145 cm³/mol. The molecule has 2 aromatic carbocycles. The van der Waals surface area contributed by atoms with Crippen molar-refractivity contribution in [1.29, 1.82) is 0 Å². The van der Waals surface area contributed by atoms with E-state index in [-0.39, 0.29) is 16.6 Å². The van der Waals surface area contributed by atoms with Gasteiger partial charge in [-0.25, -0.2) is 8.42 Å². The number of hydrogen-bond acceptors (Lipinski definition) is 6. The Morgan fingerprint density at radius 2 is 1.76 bits per heavy atom. The van der Waals surface area contributed by atoms with Crippen molar-refractivity contribution in [2.24, 2.45) is 5.92 Å². The maximum Gasteiger partial charge on any atom is 0.257 e. The van der Waals surface area contributed by atoms with E-state index in [0.29, 0.717) is 35.5 Å². The van der Waals surface area contributed by atoms with Gasteiger partial charge in [-0.05, 0) is 48.6 Å². The number of fused-ring (bicyclic) bond motifs is 1. The largest absolute Gasteiger partial charge is 0.496 e. The van der Waals surface area contributed by atoms with Crippen LogP contribution in [0.15, 0.2) is 59.6 Å². The van der Waals surface area contributed by atoms with E-state index in [1.165, 1.54) is 39.2 Å². The Morgan fingerprint density at radius 1 is 1.00 bits per heavy atom. The van der Waals surface area contributed by atoms with Crippen LogP contribution in [0, 0.1) is 5.92 Å². The summed E-state index contributed by atoms with van der Waals surface area (Å²) in [5.74, 6) is 0.928. The van der Waals surface area contributed by atoms with Crippen LogP contribution in [0.2, 0.25) is 0 Å². The molecule has 2 heterocycles. The molecule has 0 radical (unpaired) electrons. The molecule has 1 saturated heterocycles. The number of pyridine rings is 1. The molecule has 1 aromatic heterocycles. The number of carbonyl (C=O) groups excluding carboxylic acids is 1. The summed E-state index contributed by atoms with van der Waals surface area (Å²) in [6.45, 7) is 4.30. The summed E-state index contributed by atoms with van der Waals surface area (Å²) in [5.41, 5.74) is 1.50. The molecule has 0 unspecified atom stereocenters. The molecular weight excluding hydrogens is 486 g/mol. The Morgan fingerprint density at radius 3 is 2.51 bits per heavy atom. The molecule has 1 amide bonds. The summed E-state index contributed by atoms with van der Waals surface area (Å²) in [7, 11) is -2.14. The minimum absolute atomic E-state index is 0.0678. The first-order valence-electron chi connectivity index (χ1n) is 13.2. The van der Waals surface area contributed by atoms with Crippen LogP contribution in [-0.2, 0) is 15.6 Å². The van der Waals surface area contributed by atoms with Crippen LogP contribution >= 0.6 is 0 Å². The molecule has 5 rings (SSSR count). The van der Waals surface area contributed by atoms with Crippen molar-refractivity contribution >= 4 is 26.6 Å². The summed E-state index contributed by atoms with van der Waals surface area (Å²) in [6, 6.07) is 13.9. The molecule has 37 heavy (non-hydrogen) atoms. The lowest BCUT2D eigenvalue weighted by Gasteiger charge is -2.37. The molecule has 1 aliphatic carbocycles. The molecule has 7 nitrogen and oxygen atoms in total. The lowest BCUT2D eigenvalue weighted by atomic mass is 9.89. The standard InChI is InChI=1S/C29H35N3O4S/c1-36-26-19-23(21-37(34,35)27-11-5-9-24-10-6-14-30-28(24)27)12-13-25(26)29(33)32-17-15-31(16-18-32)20-22-7-3-2-4-8-22/h5-6,9-14,19,22H,2-4,7-8,15-18,20-21H2,1H3. The predicted octanol–water partition coefficient (Wildman–Crippen LogP) is 4.56. The minimum Gasteiger partial charge on any atom is -0.496 e. The van der Waals surface area contributed by atoms with Gasteiger partial charge in [-0.15, -0.1) is 0 Å². The number of para-hydroxylation sites is 1. The second-order valence-electron chi connectivity index (χ2n) is 10.2. The van der Waals surface area contributed by atoms with E-state index in [2.05, 4.69) is 9.88 Å². The Labute approximate surface area is 219 Å². The molecule has 0 atom stereocenters. The SMILES string of the molecule is COc1cc(CS(=O)(=O)c2cccc3cccnc23)ccc1C(=O)N1CCN(CC2CCCCC2)CC1. The van der Waals surface area contributed by atoms with E-state index in [4.69, 9.17) is 4.74 Å². The average molecular weight is 522 g/mol. The molecule has 2 aliphatic rings. The molecule has 2 fully saturated rings. The number of ether oxygens (including phenoxy) is 1. The van der Waals surface area contributed by atoms with Gasteiger partial charge in [-0.2, -0.15) is 0 Å². The number of nitrogens with zero attached hydrogens (tertiary/aromatic N) is 3. The lowest BCUT2D eigenvalue weighted by molar-refractivity contribution is 0.0603. The van der Waals surface area contributed by atoms with Crippen LogP contribution in [0.4, 0.5) is 0 Å². The highest BCUT2D eigenvalue weighted by Crippen LogP contribution is 2.28. The Bertz CT molecular complexity index is 1360. The van der Waals surface area contributed by atoms with E-state index in [1.807, 2.05) is 17.0 Å². The van der Waals surface area contributed by atoms with Gasteiger partial charge in [0, 0.05) is 44.3 Å². The van der Waals surface area contributed by atoms with E-state index < -0.39 is 9.84 Å². The number of carbonyl (C=O) groups is 1. The lowest BCUT2D eigenvalue weighted by Crippen LogP contribution is -2.49. The number of piperazine rings is 1. The molecule has 8 heteroatoms. The van der Waals surface area contributed by atoms with E-state index in [1.54, 1.807) is 42.6 Å². The summed E-state index contributed by atoms with van der Waals surface area (Å²) < 4.78 is 32.1. The molecule has 1 aliphatic heterocycles. The van der Waals surface area contributed by atoms with Crippen molar-refractivity contribution in [2.75, 3.05) is 39.8 Å². The fraction of sp³-hybridized carbons (Fsp3) is 0.448. The molecule has 3 aromatic rings. The van der Waals surface area contributed by atoms with Gasteiger partial charge in [0.15, 0.2) is 9.84 Å². The maximum atomic E-state index is 13.3. The molecule has 1 saturated carbocycles. The number of methoxy groups -OCH3 is 1. The third kappa shape index (κ3) is 5.80. The molecule has 196 valence electrons. The van der Waals surface area contributed by atoms with Gasteiger partial charge in [-0.3, -0.25) is 14.7 Å². The highest BCUT2D eigenvalue weighted by atomic mass is 32.2. The number of sulfone groups is 1. The van der Waals surface area contributed by atoms with Crippen LogP contribution in [0.5, 0.6) is 5.75 Å². The summed E-state index contributed by atoms with van der Waals surface area (Å²) in [4.78, 5) is 22.2. The van der Waals surface area contributed by atoms with Gasteiger partial charge in [0.25, 0.3) is 5.91 Å². The number of rotatable bonds is 7. The number of hydrogen-bond donors (Lipinski definition) is 0. The zero-order chi connectivity index (χ0) is 25.8. The molecule has 0 N–H and O–H groups in total. The number of benzene rings is 2. The van der Waals surface area contributed by atoms with Gasteiger partial charge in [0.2, 0.25) is 0 Å². The van der Waals surface area contributed by atoms with Gasteiger partial charge < -0.3 is 9.64 Å². The first-order valence-corrected chi connectivity index (χ1v) is 14.8. The van der Waals surface area contributed by atoms with Gasteiger partial charge in [-0.1, -0.05) is 43.5 Å². The highest BCUT2D eigenvalue weighted by molar-refractivity contribution is 7.90. The molecular formula is C29H35N3O4S. The summed E-state index contributed by atoms with van der Waals surface area (Å²) in [6.07, 6.45) is 8.31. The van der Waals surface area contributed by atoms with E-state index in [9.17, 15) is 13.2 Å². The molecule has 0 spiro atoms. The van der Waals surface area contributed by atoms with Crippen LogP contribution in [0.1, 0.15) is 48.0 Å². The smallest absolute Gasteiger partial charge is 0.257 e. The topological polar surface area (TPSA) is 79.8 Å². The van der Waals surface area contributed by atoms with Crippen molar-refractivity contribution in [1.82, 2.24) is 14.8 Å². The first-order chi connectivity index (χ1) is 17.9. The normalized spacial score (nSPS) is 17.7. The number of amides is 1. The first kappa shape index (κ1) is 25.7. The maximum absolute atomic E-state index is 13.3. The number of aromatic nitrogens is 1. The summed E-state index contributed by atoms with van der Waals surface area (Å²) in [5, 5.41) is 0.779. The van der Waals surface area contributed by atoms with Crippen molar-refractivity contribution in [2.45, 2.75) is 42.8 Å². The third-order valence-electron chi connectivity index (χ3n) is 7.68. The summed E-state index contributed by atoms with van der Waals surface area (Å²) >= 11 is 0. The zero-order valence-electron chi connectivity index (χ0n) is 21.4. The molecule has 0 bridgehead atoms. The monoisotopic (exact) mass is 521 g/mol. The highest BCUT2D eigenvalue weighted by Gasteiger charge is 2.27. The van der Waals surface area contributed by atoms with Gasteiger partial charge in [0.05, 0.1) is 28.8 Å². The average Bonchev–Trinajstić information content (AvgIpc) is 2.93. The Kier molecular flexibility index (Phi) is 7.76. The van der Waals surface area contributed by atoms with Crippen molar-refractivity contribution < 1.29 is 17.9 Å². The van der Waals surface area contributed by atoms with E-state index >= 15 is 0 Å². The van der Waals surface area contributed by atoms with Gasteiger partial charge in [0.1, 0.15) is 5.75 Å². The second-order valence-corrected chi connectivity index (χ2v) is 12.2. The van der Waals surface area contributed by atoms with Crippen LogP contribution in [-0.4, -0.2) is 68.9 Å². The van der Waals surface area contributed by atoms with Crippen molar-refractivity contribution in [3.05, 3.63) is 65.9 Å². The Balaban J connectivity index is 1.27. The quantitative estimate of drug-likeness (QED) is 0.454. The van der Waals surface area contributed by atoms with Gasteiger partial charge >= 0.3 is 0 Å². The van der Waals surface area contributed by atoms with Crippen molar-refractivity contribution in [3.63, 3.8) is 0 Å². The minimum atomic E-state index is -3.66. The van der Waals surface area contributed by atoms with Crippen molar-refractivity contribution in [3.8, 4) is 5.75 Å².